The number of aromatic nitrogens is 1. The van der Waals surface area contributed by atoms with Crippen molar-refractivity contribution in [3.05, 3.63) is 536 Å². The van der Waals surface area contributed by atoms with Crippen molar-refractivity contribution in [2.75, 3.05) is 0 Å². The Morgan fingerprint density at radius 2 is 0.464 bits per heavy atom. The maximum Gasteiger partial charge on any atom is 0.135 e. The molecule has 0 saturated heterocycles. The lowest BCUT2D eigenvalue weighted by atomic mass is 9.69. The minimum absolute atomic E-state index is 0.497. The van der Waals surface area contributed by atoms with Crippen LogP contribution in [0.3, 0.4) is 0 Å². The van der Waals surface area contributed by atoms with E-state index in [1.807, 2.05) is 6.07 Å². The number of furan rings is 1. The van der Waals surface area contributed by atoms with Crippen molar-refractivity contribution in [2.45, 2.75) is 10.8 Å². The first-order chi connectivity index (χ1) is 68.5. The summed E-state index contributed by atoms with van der Waals surface area (Å²) in [6.45, 7) is 0. The van der Waals surface area contributed by atoms with Crippen LogP contribution in [0, 0.1) is 0 Å². The second-order valence-corrected chi connectivity index (χ2v) is 38.0. The second kappa shape index (κ2) is 29.3. The second-order valence-electron chi connectivity index (χ2n) is 38.0. The van der Waals surface area contributed by atoms with Crippen LogP contribution in [-0.2, 0) is 10.8 Å². The molecular weight excluding hydrogens is 1660 g/mol. The van der Waals surface area contributed by atoms with Gasteiger partial charge in [0.15, 0.2) is 0 Å². The molecule has 2 heterocycles. The average molecular weight is 1750 g/mol. The highest BCUT2D eigenvalue weighted by Gasteiger charge is 2.55. The van der Waals surface area contributed by atoms with Crippen LogP contribution in [-0.4, -0.2) is 4.57 Å². The van der Waals surface area contributed by atoms with E-state index in [0.717, 1.165) is 21.9 Å². The summed E-state index contributed by atoms with van der Waals surface area (Å²) in [7, 11) is 0. The summed E-state index contributed by atoms with van der Waals surface area (Å²) >= 11 is 0. The predicted octanol–water partition coefficient (Wildman–Crippen LogP) is 36.3. The monoisotopic (exact) mass is 1740 g/mol. The Morgan fingerprint density at radius 1 is 0.152 bits per heavy atom. The zero-order valence-electron chi connectivity index (χ0n) is 75.1. The van der Waals surface area contributed by atoms with Gasteiger partial charge in [0.1, 0.15) is 11.2 Å². The Labute approximate surface area is 796 Å². The molecule has 0 fully saturated rings. The van der Waals surface area contributed by atoms with Gasteiger partial charge in [-0.05, 0) is 315 Å². The molecule has 2 heteroatoms. The van der Waals surface area contributed by atoms with Gasteiger partial charge in [-0.2, -0.15) is 0 Å². The highest BCUT2D eigenvalue weighted by atomic mass is 16.3. The Balaban J connectivity index is 0.000000131. The van der Waals surface area contributed by atoms with Crippen LogP contribution in [0.5, 0.6) is 0 Å². The molecule has 0 atom stereocenters. The summed E-state index contributed by atoms with van der Waals surface area (Å²) in [5.74, 6) is 0. The Morgan fingerprint density at radius 3 is 0.899 bits per heavy atom. The van der Waals surface area contributed by atoms with Crippen LogP contribution in [0.4, 0.5) is 0 Å². The van der Waals surface area contributed by atoms with Crippen molar-refractivity contribution >= 4 is 130 Å². The number of benzene rings is 25. The van der Waals surface area contributed by atoms with E-state index >= 15 is 0 Å². The van der Waals surface area contributed by atoms with E-state index in [2.05, 4.69) is 490 Å². The van der Waals surface area contributed by atoms with Crippen molar-refractivity contribution < 1.29 is 4.42 Å². The molecule has 0 N–H and O–H groups in total. The van der Waals surface area contributed by atoms with Gasteiger partial charge in [-0.3, -0.25) is 0 Å². The normalized spacial score (nSPS) is 13.2. The maximum absolute atomic E-state index is 6.29. The van der Waals surface area contributed by atoms with E-state index in [9.17, 15) is 0 Å². The van der Waals surface area contributed by atoms with E-state index in [0.29, 0.717) is 0 Å². The van der Waals surface area contributed by atoms with Crippen molar-refractivity contribution in [3.63, 3.8) is 0 Å². The van der Waals surface area contributed by atoms with E-state index < -0.39 is 10.8 Å². The zero-order chi connectivity index (χ0) is 90.2. The smallest absolute Gasteiger partial charge is 0.135 e. The van der Waals surface area contributed by atoms with E-state index in [-0.39, 0.29) is 0 Å². The van der Waals surface area contributed by atoms with Gasteiger partial charge in [0.2, 0.25) is 0 Å². The fraction of sp³-hybridized carbons (Fsp3) is 0.0147. The summed E-state index contributed by atoms with van der Waals surface area (Å²) < 4.78 is 8.69. The van der Waals surface area contributed by atoms with E-state index in [1.54, 1.807) is 0 Å². The van der Waals surface area contributed by atoms with E-state index in [1.165, 1.54) is 269 Å². The minimum atomic E-state index is -0.503. The van der Waals surface area contributed by atoms with Crippen molar-refractivity contribution in [3.8, 4) is 117 Å². The van der Waals surface area contributed by atoms with Crippen LogP contribution >= 0.6 is 0 Å². The summed E-state index contributed by atoms with van der Waals surface area (Å²) in [4.78, 5) is 0. The third-order valence-corrected chi connectivity index (χ3v) is 31.4. The lowest BCUT2D eigenvalue weighted by molar-refractivity contribution is 0.669. The molecule has 2 spiro atoms. The molecule has 0 radical (unpaired) electrons. The molecule has 636 valence electrons. The molecule has 27 aromatic rings. The molecular formula is C136H81NO. The lowest BCUT2D eigenvalue weighted by Crippen LogP contribution is -2.26. The average Bonchev–Trinajstić information content (AvgIpc) is 1.50. The molecule has 0 aliphatic heterocycles. The molecule has 0 saturated carbocycles. The van der Waals surface area contributed by atoms with Crippen molar-refractivity contribution in [1.82, 2.24) is 4.57 Å². The molecule has 4 aliphatic rings. The zero-order valence-corrected chi connectivity index (χ0v) is 75.1. The molecule has 25 aromatic carbocycles. The van der Waals surface area contributed by atoms with Gasteiger partial charge in [-0.15, -0.1) is 0 Å². The highest BCUT2D eigenvalue weighted by Crippen LogP contribution is 2.69. The highest BCUT2D eigenvalue weighted by molar-refractivity contribution is 6.26. The first-order valence-corrected chi connectivity index (χ1v) is 48.2. The first-order valence-electron chi connectivity index (χ1n) is 48.2. The lowest BCUT2D eigenvalue weighted by Gasteiger charge is -2.32. The Bertz CT molecular complexity index is 9800. The number of rotatable bonds is 7. The van der Waals surface area contributed by atoms with Gasteiger partial charge in [-0.1, -0.05) is 419 Å². The summed E-state index contributed by atoms with van der Waals surface area (Å²) in [6.07, 6.45) is 0. The fourth-order valence-corrected chi connectivity index (χ4v) is 26.1. The Hall–Kier alpha value is -17.8. The van der Waals surface area contributed by atoms with Crippen LogP contribution in [0.15, 0.2) is 496 Å². The number of para-hydroxylation sites is 3. The molecule has 0 amide bonds. The largest absolute Gasteiger partial charge is 0.456 e. The third-order valence-electron chi connectivity index (χ3n) is 31.4. The van der Waals surface area contributed by atoms with Gasteiger partial charge in [0.05, 0.1) is 21.9 Å². The molecule has 31 rings (SSSR count). The fourth-order valence-electron chi connectivity index (χ4n) is 26.1. The number of nitrogens with zero attached hydrogens (tertiary/aromatic N) is 1. The summed E-state index contributed by atoms with van der Waals surface area (Å²) in [5, 5.41) is 25.0. The quantitative estimate of drug-likeness (QED) is 0.145. The molecule has 2 nitrogen and oxygen atoms in total. The Kier molecular flexibility index (Phi) is 16.3. The predicted molar refractivity (Wildman–Crippen MR) is 580 cm³/mol. The van der Waals surface area contributed by atoms with Gasteiger partial charge in [0.25, 0.3) is 0 Å². The summed E-state index contributed by atoms with van der Waals surface area (Å²) in [5.41, 5.74) is 40.7. The number of hydrogen-bond donors (Lipinski definition) is 0. The number of hydrogen-bond acceptors (Lipinski definition) is 1. The molecule has 4 aliphatic carbocycles. The summed E-state index contributed by atoms with van der Waals surface area (Å²) in [6, 6.07) is 184. The first kappa shape index (κ1) is 76.7. The van der Waals surface area contributed by atoms with Gasteiger partial charge in [0, 0.05) is 27.2 Å². The van der Waals surface area contributed by atoms with Gasteiger partial charge in [-0.25, -0.2) is 0 Å². The SMILES string of the molecule is c1cc(-c2cc3c(c4ccccc24)-c2ccc4ccccc4c2C32c3ccccc3-c3ccccc32)cc(-c2c3ccccc3c(-c3ccc4oc5ccccc5c4c3)c3ccccc23)c1.c1ccc(-n2c3ccccc3c3cc(-c4c5ccccc5c(-c5cccc(-c6cc7c(c8ccccc68)-c6ccc8ccccc8c6C76c7ccccc7-c7ccccc76)c5)c5ccccc45)ccc32)cc1. The minimum Gasteiger partial charge on any atom is -0.456 e. The van der Waals surface area contributed by atoms with Gasteiger partial charge >= 0.3 is 0 Å². The standard InChI is InChI=1S/C71H43N.C65H38O/c1-2-22-48(23-3-1)72-65-36-17-14-28-53(65)61-42-47(38-40-66(61)72)68-57-32-10-8-30-55(57)67(56-31-9-11-33-58(56)68)46-21-18-20-45(41-46)60-43-64-69(54-29-7-6-25-50(54)60)59-39-37-44-19-4-5-24-49(44)70(59)71(64)62-34-15-12-26-51(62)52-27-13-16-35-63(52)71;1-2-19-43-39(16-1)32-34-53-63-48-24-4-3-20-44(48)54(38-58(63)65(64(43)53)56-29-12-9-21-45(56)46-22-10-13-30-57(46)65)40-17-15-18-41(36-40)61-49-25-5-7-27-51(49)62(52-28-8-6-26-50(52)61)42-33-35-60-55(37-42)47-23-11-14-31-59(47)66-60/h1-43H;1-38H. The van der Waals surface area contributed by atoms with E-state index in [4.69, 9.17) is 4.42 Å². The topological polar surface area (TPSA) is 18.1 Å². The van der Waals surface area contributed by atoms with Crippen LogP contribution < -0.4 is 0 Å². The van der Waals surface area contributed by atoms with Crippen LogP contribution in [0.1, 0.15) is 44.5 Å². The number of fused-ring (bicyclic) bond motifs is 38. The van der Waals surface area contributed by atoms with Gasteiger partial charge < -0.3 is 8.98 Å². The van der Waals surface area contributed by atoms with Crippen molar-refractivity contribution in [1.29, 1.82) is 0 Å². The molecule has 0 bridgehead atoms. The maximum atomic E-state index is 6.29. The third kappa shape index (κ3) is 10.6. The van der Waals surface area contributed by atoms with Crippen LogP contribution in [0.25, 0.3) is 247 Å². The molecule has 2 aromatic heterocycles. The van der Waals surface area contributed by atoms with Crippen molar-refractivity contribution in [2.24, 2.45) is 0 Å². The molecule has 138 heavy (non-hydrogen) atoms. The van der Waals surface area contributed by atoms with Crippen LogP contribution in [0.2, 0.25) is 0 Å². The molecule has 0 unspecified atom stereocenters.